The second-order valence-corrected chi connectivity index (χ2v) is 8.97. The van der Waals surface area contributed by atoms with E-state index in [1.54, 1.807) is 38.1 Å². The number of amides is 1. The summed E-state index contributed by atoms with van der Waals surface area (Å²) in [5.74, 6) is -0.754. The van der Waals surface area contributed by atoms with Crippen LogP contribution in [0.2, 0.25) is 0 Å². The minimum absolute atomic E-state index is 0.308. The third-order valence-corrected chi connectivity index (χ3v) is 5.70. The molecule has 2 atom stereocenters. The summed E-state index contributed by atoms with van der Waals surface area (Å²) >= 11 is 0. The molecular weight excluding hydrogens is 379 g/mol. The van der Waals surface area contributed by atoms with Crippen LogP contribution in [-0.2, 0) is 14.8 Å². The second kappa shape index (κ2) is 8.73. The van der Waals surface area contributed by atoms with E-state index in [0.717, 1.165) is 22.9 Å². The van der Waals surface area contributed by atoms with E-state index >= 15 is 0 Å². The number of nitrogens with zero attached hydrogens (tertiary/aromatic N) is 1. The van der Waals surface area contributed by atoms with Crippen molar-refractivity contribution in [3.63, 3.8) is 0 Å². The summed E-state index contributed by atoms with van der Waals surface area (Å²) in [7, 11) is -3.69. The fraction of sp³-hybridized carbons (Fsp3) is 0.381. The molecule has 28 heavy (non-hydrogen) atoms. The molecule has 0 radical (unpaired) electrons. The monoisotopic (exact) mass is 406 g/mol. The first-order chi connectivity index (χ1) is 13.0. The molecular formula is C21H27FN2O3S. The molecule has 0 aliphatic carbocycles. The van der Waals surface area contributed by atoms with Crippen LogP contribution in [0.25, 0.3) is 0 Å². The summed E-state index contributed by atoms with van der Waals surface area (Å²) in [4.78, 5) is 13.0. The number of carbonyl (C=O) groups excluding carboxylic acids is 1. The molecule has 1 amide bonds. The Hall–Kier alpha value is -2.41. The Morgan fingerprint density at radius 1 is 1.11 bits per heavy atom. The number of aryl methyl sites for hydroxylation is 2. The fourth-order valence-corrected chi connectivity index (χ4v) is 4.48. The first kappa shape index (κ1) is 21.9. The van der Waals surface area contributed by atoms with E-state index in [-0.39, 0.29) is 11.9 Å². The van der Waals surface area contributed by atoms with E-state index in [9.17, 15) is 17.6 Å². The van der Waals surface area contributed by atoms with Crippen molar-refractivity contribution < 1.29 is 17.6 Å². The van der Waals surface area contributed by atoms with Gasteiger partial charge in [-0.15, -0.1) is 0 Å². The van der Waals surface area contributed by atoms with Crippen LogP contribution >= 0.6 is 0 Å². The zero-order valence-corrected chi connectivity index (χ0v) is 17.7. The lowest BCUT2D eigenvalue weighted by Gasteiger charge is -2.31. The van der Waals surface area contributed by atoms with Crippen molar-refractivity contribution in [2.75, 3.05) is 10.6 Å². The van der Waals surface area contributed by atoms with E-state index < -0.39 is 22.0 Å². The third kappa shape index (κ3) is 5.32. The third-order valence-electron chi connectivity index (χ3n) is 4.52. The van der Waals surface area contributed by atoms with Crippen LogP contribution in [0.1, 0.15) is 43.0 Å². The van der Waals surface area contributed by atoms with Gasteiger partial charge in [0.05, 0.1) is 18.0 Å². The normalized spacial score (nSPS) is 13.6. The van der Waals surface area contributed by atoms with Crippen LogP contribution in [0.15, 0.2) is 42.5 Å². The number of carbonyl (C=O) groups is 1. The summed E-state index contributed by atoms with van der Waals surface area (Å²) in [5.41, 5.74) is 3.04. The van der Waals surface area contributed by atoms with Gasteiger partial charge in [-0.05, 0) is 68.1 Å². The van der Waals surface area contributed by atoms with Crippen molar-refractivity contribution in [1.82, 2.24) is 5.32 Å². The molecule has 0 bridgehead atoms. The Kier molecular flexibility index (Phi) is 6.82. The minimum atomic E-state index is -3.69. The van der Waals surface area contributed by atoms with E-state index in [0.29, 0.717) is 12.1 Å². The van der Waals surface area contributed by atoms with E-state index in [1.807, 2.05) is 19.9 Å². The first-order valence-electron chi connectivity index (χ1n) is 9.16. The van der Waals surface area contributed by atoms with Crippen molar-refractivity contribution in [1.29, 1.82) is 0 Å². The van der Waals surface area contributed by atoms with Gasteiger partial charge in [-0.25, -0.2) is 12.8 Å². The molecule has 2 aromatic rings. The molecule has 2 rings (SSSR count). The number of hydrogen-bond acceptors (Lipinski definition) is 3. The summed E-state index contributed by atoms with van der Waals surface area (Å²) in [6, 6.07) is 10.0. The van der Waals surface area contributed by atoms with E-state index in [1.165, 1.54) is 16.4 Å². The Balaban J connectivity index is 2.34. The molecule has 0 unspecified atom stereocenters. The number of sulfonamides is 1. The number of nitrogens with one attached hydrogen (secondary N) is 1. The fourth-order valence-electron chi connectivity index (χ4n) is 3.28. The average molecular weight is 407 g/mol. The highest BCUT2D eigenvalue weighted by Gasteiger charge is 2.32. The predicted molar refractivity (Wildman–Crippen MR) is 110 cm³/mol. The maximum Gasteiger partial charge on any atom is 0.244 e. The van der Waals surface area contributed by atoms with Crippen molar-refractivity contribution >= 4 is 21.6 Å². The number of hydrogen-bond donors (Lipinski definition) is 1. The number of rotatable bonds is 7. The second-order valence-electron chi connectivity index (χ2n) is 7.11. The quantitative estimate of drug-likeness (QED) is 0.759. The van der Waals surface area contributed by atoms with Gasteiger partial charge in [0.15, 0.2) is 0 Å². The van der Waals surface area contributed by atoms with Crippen LogP contribution < -0.4 is 9.62 Å². The van der Waals surface area contributed by atoms with Crippen LogP contribution in [0.3, 0.4) is 0 Å². The van der Waals surface area contributed by atoms with Gasteiger partial charge in [-0.1, -0.05) is 25.1 Å². The highest BCUT2D eigenvalue weighted by Crippen LogP contribution is 2.25. The lowest BCUT2D eigenvalue weighted by Crippen LogP contribution is -2.49. The lowest BCUT2D eigenvalue weighted by atomic mass is 10.1. The number of anilines is 1. The maximum atomic E-state index is 13.1. The molecule has 0 heterocycles. The molecule has 152 valence electrons. The summed E-state index contributed by atoms with van der Waals surface area (Å²) in [6.45, 7) is 7.32. The standard InChI is InChI=1S/C21H27FN2O3S/c1-6-20(21(25)23-16(4)17-7-9-18(22)10-8-17)24(28(5,26)27)19-12-14(2)11-15(3)13-19/h7-13,16,20H,6H2,1-5H3,(H,23,25)/t16-,20-/m1/s1. The van der Waals surface area contributed by atoms with Crippen molar-refractivity contribution in [3.05, 3.63) is 65.0 Å². The largest absolute Gasteiger partial charge is 0.348 e. The van der Waals surface area contributed by atoms with Crippen molar-refractivity contribution in [2.24, 2.45) is 0 Å². The van der Waals surface area contributed by atoms with Gasteiger partial charge in [0.25, 0.3) is 0 Å². The first-order valence-corrected chi connectivity index (χ1v) is 11.0. The van der Waals surface area contributed by atoms with Gasteiger partial charge < -0.3 is 5.32 Å². The van der Waals surface area contributed by atoms with Crippen LogP contribution in [0, 0.1) is 19.7 Å². The van der Waals surface area contributed by atoms with Crippen LogP contribution in [0.4, 0.5) is 10.1 Å². The molecule has 0 fully saturated rings. The van der Waals surface area contributed by atoms with Gasteiger partial charge >= 0.3 is 0 Å². The number of benzene rings is 2. The Bertz CT molecular complexity index is 922. The summed E-state index contributed by atoms with van der Waals surface area (Å²) < 4.78 is 39.4. The highest BCUT2D eigenvalue weighted by atomic mass is 32.2. The van der Waals surface area contributed by atoms with Gasteiger partial charge in [0.2, 0.25) is 15.9 Å². The molecule has 5 nitrogen and oxygen atoms in total. The Labute approximate surface area is 166 Å². The molecule has 2 aromatic carbocycles. The molecule has 0 aliphatic rings. The summed E-state index contributed by atoms with van der Waals surface area (Å²) in [5, 5.41) is 2.85. The molecule has 7 heteroatoms. The van der Waals surface area contributed by atoms with Gasteiger partial charge in [-0.3, -0.25) is 9.10 Å². The predicted octanol–water partition coefficient (Wildman–Crippen LogP) is 3.86. The lowest BCUT2D eigenvalue weighted by molar-refractivity contribution is -0.122. The van der Waals surface area contributed by atoms with Gasteiger partial charge in [-0.2, -0.15) is 0 Å². The summed E-state index contributed by atoms with van der Waals surface area (Å²) in [6.07, 6.45) is 1.41. The topological polar surface area (TPSA) is 66.5 Å². The zero-order chi connectivity index (χ0) is 21.1. The highest BCUT2D eigenvalue weighted by molar-refractivity contribution is 7.92. The zero-order valence-electron chi connectivity index (χ0n) is 16.9. The van der Waals surface area contributed by atoms with Crippen molar-refractivity contribution in [2.45, 2.75) is 46.2 Å². The molecule has 1 N–H and O–H groups in total. The minimum Gasteiger partial charge on any atom is -0.348 e. The Morgan fingerprint density at radius 2 is 1.64 bits per heavy atom. The molecule has 0 saturated carbocycles. The van der Waals surface area contributed by atoms with E-state index in [4.69, 9.17) is 0 Å². The molecule has 0 aromatic heterocycles. The SMILES string of the molecule is CC[C@H](C(=O)N[C@H](C)c1ccc(F)cc1)N(c1cc(C)cc(C)c1)S(C)(=O)=O. The molecule has 0 spiro atoms. The van der Waals surface area contributed by atoms with Crippen LogP contribution in [-0.4, -0.2) is 26.6 Å². The number of halogens is 1. The average Bonchev–Trinajstić information content (AvgIpc) is 2.57. The van der Waals surface area contributed by atoms with Crippen LogP contribution in [0.5, 0.6) is 0 Å². The van der Waals surface area contributed by atoms with E-state index in [2.05, 4.69) is 5.32 Å². The molecule has 0 saturated heterocycles. The van der Waals surface area contributed by atoms with Crippen molar-refractivity contribution in [3.8, 4) is 0 Å². The van der Waals surface area contributed by atoms with Gasteiger partial charge in [0.1, 0.15) is 11.9 Å². The smallest absolute Gasteiger partial charge is 0.244 e. The maximum absolute atomic E-state index is 13.1. The Morgan fingerprint density at radius 3 is 2.11 bits per heavy atom. The van der Waals surface area contributed by atoms with Gasteiger partial charge in [0, 0.05) is 0 Å². The molecule has 0 aliphatic heterocycles.